The highest BCUT2D eigenvalue weighted by Crippen LogP contribution is 2.30. The fraction of sp³-hybridized carbons (Fsp3) is 0.833. The highest BCUT2D eigenvalue weighted by molar-refractivity contribution is 5.84. The van der Waals surface area contributed by atoms with Crippen LogP contribution in [0.25, 0.3) is 0 Å². The normalized spacial score (nSPS) is 27.9. The summed E-state index contributed by atoms with van der Waals surface area (Å²) in [6.45, 7) is 6.37. The first-order valence-electron chi connectivity index (χ1n) is 6.09. The van der Waals surface area contributed by atoms with E-state index in [-0.39, 0.29) is 18.4 Å². The molecule has 1 aliphatic rings. The molecule has 5 nitrogen and oxygen atoms in total. The van der Waals surface area contributed by atoms with Crippen LogP contribution < -0.4 is 5.73 Å². The Morgan fingerprint density at radius 3 is 2.53 bits per heavy atom. The summed E-state index contributed by atoms with van der Waals surface area (Å²) in [7, 11) is 0. The largest absolute Gasteiger partial charge is 0.481 e. The van der Waals surface area contributed by atoms with Gasteiger partial charge in [-0.05, 0) is 19.3 Å². The molecular weight excluding hydrogens is 220 g/mol. The van der Waals surface area contributed by atoms with Gasteiger partial charge in [-0.15, -0.1) is 0 Å². The molecule has 0 aromatic heterocycles. The van der Waals surface area contributed by atoms with Crippen molar-refractivity contribution in [1.82, 2.24) is 4.90 Å². The number of carbonyl (C=O) groups is 2. The lowest BCUT2D eigenvalue weighted by molar-refractivity contribution is -0.147. The van der Waals surface area contributed by atoms with Gasteiger partial charge >= 0.3 is 5.97 Å². The number of nitrogens with two attached hydrogens (primary N) is 1. The van der Waals surface area contributed by atoms with Gasteiger partial charge in [-0.2, -0.15) is 0 Å². The van der Waals surface area contributed by atoms with Crippen molar-refractivity contribution in [3.63, 3.8) is 0 Å². The van der Waals surface area contributed by atoms with Crippen LogP contribution in [0, 0.1) is 11.3 Å². The molecule has 0 spiro atoms. The minimum atomic E-state index is -0.843. The lowest BCUT2D eigenvalue weighted by atomic mass is 9.90. The van der Waals surface area contributed by atoms with Gasteiger partial charge in [0, 0.05) is 13.1 Å². The molecular formula is C12H22N2O3. The number of aliphatic carboxylic acids is 1. The summed E-state index contributed by atoms with van der Waals surface area (Å²) < 4.78 is 0. The van der Waals surface area contributed by atoms with Crippen molar-refractivity contribution >= 4 is 11.9 Å². The average molecular weight is 242 g/mol. The molecule has 0 bridgehead atoms. The minimum Gasteiger partial charge on any atom is -0.481 e. The first-order valence-corrected chi connectivity index (χ1v) is 6.09. The van der Waals surface area contributed by atoms with Crippen LogP contribution in [0.15, 0.2) is 0 Å². The summed E-state index contributed by atoms with van der Waals surface area (Å²) in [6, 6.07) is -0.517. The van der Waals surface area contributed by atoms with Gasteiger partial charge in [-0.3, -0.25) is 9.59 Å². The zero-order valence-electron chi connectivity index (χ0n) is 10.8. The molecule has 17 heavy (non-hydrogen) atoms. The predicted octanol–water partition coefficient (Wildman–Crippen LogP) is 0.683. The molecule has 3 atom stereocenters. The summed E-state index contributed by atoms with van der Waals surface area (Å²) in [4.78, 5) is 24.7. The van der Waals surface area contributed by atoms with E-state index in [0.717, 1.165) is 6.42 Å². The topological polar surface area (TPSA) is 83.6 Å². The van der Waals surface area contributed by atoms with Crippen molar-refractivity contribution in [1.29, 1.82) is 0 Å². The summed E-state index contributed by atoms with van der Waals surface area (Å²) >= 11 is 0. The number of rotatable bonds is 4. The molecule has 0 saturated carbocycles. The van der Waals surface area contributed by atoms with Crippen LogP contribution in [0.3, 0.4) is 0 Å². The van der Waals surface area contributed by atoms with Gasteiger partial charge in [-0.25, -0.2) is 0 Å². The Morgan fingerprint density at radius 2 is 2.12 bits per heavy atom. The van der Waals surface area contributed by atoms with E-state index in [1.807, 2.05) is 13.8 Å². The van der Waals surface area contributed by atoms with Gasteiger partial charge < -0.3 is 15.7 Å². The summed E-state index contributed by atoms with van der Waals surface area (Å²) in [5, 5.41) is 9.10. The Bertz CT molecular complexity index is 319. The van der Waals surface area contributed by atoms with Gasteiger partial charge in [0.25, 0.3) is 0 Å². The summed E-state index contributed by atoms with van der Waals surface area (Å²) in [5.41, 5.74) is 5.06. The third-order valence-electron chi connectivity index (χ3n) is 3.84. The molecule has 5 heteroatoms. The van der Waals surface area contributed by atoms with E-state index in [0.29, 0.717) is 13.0 Å². The lowest BCUT2D eigenvalue weighted by Gasteiger charge is -2.25. The molecule has 1 rings (SSSR count). The zero-order valence-corrected chi connectivity index (χ0v) is 10.8. The smallest absolute Gasteiger partial charge is 0.311 e. The van der Waals surface area contributed by atoms with Crippen molar-refractivity contribution in [3.05, 3.63) is 0 Å². The van der Waals surface area contributed by atoms with E-state index in [1.54, 1.807) is 11.8 Å². The molecule has 1 heterocycles. The Balaban J connectivity index is 2.66. The Kier molecular flexibility index (Phi) is 4.14. The van der Waals surface area contributed by atoms with Crippen LogP contribution >= 0.6 is 0 Å². The predicted molar refractivity (Wildman–Crippen MR) is 64.4 cm³/mol. The SMILES string of the molecule is CCC(C)C(N)C(=O)N1CCC(C)(C(=O)O)C1. The maximum Gasteiger partial charge on any atom is 0.311 e. The van der Waals surface area contributed by atoms with E-state index in [1.165, 1.54) is 0 Å². The molecule has 0 aromatic rings. The molecule has 0 aliphatic carbocycles. The fourth-order valence-electron chi connectivity index (χ4n) is 2.03. The van der Waals surface area contributed by atoms with Crippen LogP contribution in [0.1, 0.15) is 33.6 Å². The van der Waals surface area contributed by atoms with Crippen molar-refractivity contribution in [2.75, 3.05) is 13.1 Å². The first kappa shape index (κ1) is 14.0. The quantitative estimate of drug-likeness (QED) is 0.759. The maximum atomic E-state index is 12.1. The number of carbonyl (C=O) groups excluding carboxylic acids is 1. The third kappa shape index (κ3) is 2.77. The van der Waals surface area contributed by atoms with Crippen LogP contribution in [-0.2, 0) is 9.59 Å². The molecule has 1 amide bonds. The Morgan fingerprint density at radius 1 is 1.53 bits per heavy atom. The monoisotopic (exact) mass is 242 g/mol. The highest BCUT2D eigenvalue weighted by Gasteiger charge is 2.43. The average Bonchev–Trinajstić information content (AvgIpc) is 2.70. The fourth-order valence-corrected chi connectivity index (χ4v) is 2.03. The first-order chi connectivity index (χ1) is 7.81. The van der Waals surface area contributed by atoms with Crippen molar-refractivity contribution in [2.45, 2.75) is 39.7 Å². The number of amides is 1. The van der Waals surface area contributed by atoms with E-state index in [2.05, 4.69) is 0 Å². The molecule has 1 fully saturated rings. The van der Waals surface area contributed by atoms with Crippen molar-refractivity contribution in [3.8, 4) is 0 Å². The van der Waals surface area contributed by atoms with Crippen molar-refractivity contribution < 1.29 is 14.7 Å². The third-order valence-corrected chi connectivity index (χ3v) is 3.84. The minimum absolute atomic E-state index is 0.121. The second-order valence-electron chi connectivity index (χ2n) is 5.29. The van der Waals surface area contributed by atoms with Crippen molar-refractivity contribution in [2.24, 2.45) is 17.1 Å². The van der Waals surface area contributed by atoms with Gasteiger partial charge in [-0.1, -0.05) is 20.3 Å². The highest BCUT2D eigenvalue weighted by atomic mass is 16.4. The maximum absolute atomic E-state index is 12.1. The van der Waals surface area contributed by atoms with Gasteiger partial charge in [0.05, 0.1) is 11.5 Å². The Hall–Kier alpha value is -1.10. The van der Waals surface area contributed by atoms with E-state index < -0.39 is 17.4 Å². The number of carboxylic acids is 1. The van der Waals surface area contributed by atoms with E-state index in [4.69, 9.17) is 10.8 Å². The summed E-state index contributed by atoms with van der Waals surface area (Å²) in [5.74, 6) is -0.839. The molecule has 0 aromatic carbocycles. The van der Waals surface area contributed by atoms with E-state index in [9.17, 15) is 9.59 Å². The van der Waals surface area contributed by atoms with Gasteiger partial charge in [0.1, 0.15) is 0 Å². The lowest BCUT2D eigenvalue weighted by Crippen LogP contribution is -2.47. The van der Waals surface area contributed by atoms with Crippen LogP contribution in [0.2, 0.25) is 0 Å². The molecule has 98 valence electrons. The Labute approximate surface area is 102 Å². The van der Waals surface area contributed by atoms with Gasteiger partial charge in [0.15, 0.2) is 0 Å². The number of likely N-dealkylation sites (tertiary alicyclic amines) is 1. The number of carboxylic acid groups (broad SMARTS) is 1. The second kappa shape index (κ2) is 5.04. The zero-order chi connectivity index (χ0) is 13.2. The summed E-state index contributed by atoms with van der Waals surface area (Å²) in [6.07, 6.45) is 1.35. The number of hydrogen-bond donors (Lipinski definition) is 2. The van der Waals surface area contributed by atoms with Gasteiger partial charge in [0.2, 0.25) is 5.91 Å². The van der Waals surface area contributed by atoms with Crippen LogP contribution in [0.4, 0.5) is 0 Å². The van der Waals surface area contributed by atoms with E-state index >= 15 is 0 Å². The molecule has 1 aliphatic heterocycles. The molecule has 3 N–H and O–H groups in total. The second-order valence-corrected chi connectivity index (χ2v) is 5.29. The standard InChI is InChI=1S/C12H22N2O3/c1-4-8(2)9(13)10(15)14-6-5-12(3,7-14)11(16)17/h8-9H,4-7,13H2,1-3H3,(H,16,17). The van der Waals surface area contributed by atoms with Crippen LogP contribution in [0.5, 0.6) is 0 Å². The molecule has 0 radical (unpaired) electrons. The molecule has 3 unspecified atom stereocenters. The number of nitrogens with zero attached hydrogens (tertiary/aromatic N) is 1. The van der Waals surface area contributed by atoms with Crippen LogP contribution in [-0.4, -0.2) is 41.0 Å². The molecule has 1 saturated heterocycles. The number of hydrogen-bond acceptors (Lipinski definition) is 3.